The monoisotopic (exact) mass is 534 g/mol. The molecule has 0 aliphatic carbocycles. The smallest absolute Gasteiger partial charge is 0.264 e. The number of hydrogen-bond donors (Lipinski definition) is 1. The summed E-state index contributed by atoms with van der Waals surface area (Å²) in [6, 6.07) is 18.9. The minimum Gasteiger partial charge on any atom is -0.482 e. The molecule has 32 heavy (non-hydrogen) atoms. The van der Waals surface area contributed by atoms with Crippen molar-refractivity contribution in [3.05, 3.63) is 81.8 Å². The lowest BCUT2D eigenvalue weighted by molar-refractivity contribution is -0.118. The molecule has 6 nitrogen and oxygen atoms in total. The van der Waals surface area contributed by atoms with Gasteiger partial charge in [0.25, 0.3) is 15.9 Å². The average molecular weight is 536 g/mol. The lowest BCUT2D eigenvalue weighted by Gasteiger charge is -2.30. The number of amides is 1. The number of halogens is 2. The fraction of sp³-hybridized carbons (Fsp3) is 0.174. The molecule has 1 amide bonds. The largest absolute Gasteiger partial charge is 0.482 e. The average Bonchev–Trinajstić information content (AvgIpc) is 2.79. The first-order chi connectivity index (χ1) is 15.3. The van der Waals surface area contributed by atoms with E-state index in [0.29, 0.717) is 17.9 Å². The second-order valence-corrected chi connectivity index (χ2v) is 10.4. The van der Waals surface area contributed by atoms with Crippen LogP contribution in [-0.4, -0.2) is 27.5 Å². The standard InChI is InChI=1S/C23H20BrClN2O4S/c24-17-7-9-18(10-8-17)26-23(28)15-31-22-12-11-19(14-20(22)25)32(29,30)27-13-3-5-16-4-1-2-6-21(16)27/h1-2,4,6-12,14H,3,5,13,15H2,(H,26,28). The zero-order chi connectivity index (χ0) is 22.7. The number of benzene rings is 3. The Hall–Kier alpha value is -2.55. The van der Waals surface area contributed by atoms with Gasteiger partial charge >= 0.3 is 0 Å². The number of aryl methyl sites for hydroxylation is 1. The number of anilines is 2. The Balaban J connectivity index is 1.46. The highest BCUT2D eigenvalue weighted by Gasteiger charge is 2.29. The summed E-state index contributed by atoms with van der Waals surface area (Å²) in [6.07, 6.45) is 1.59. The van der Waals surface area contributed by atoms with E-state index in [2.05, 4.69) is 21.2 Å². The maximum absolute atomic E-state index is 13.3. The van der Waals surface area contributed by atoms with E-state index in [0.717, 1.165) is 22.9 Å². The van der Waals surface area contributed by atoms with Crippen LogP contribution >= 0.6 is 27.5 Å². The molecule has 0 radical (unpaired) electrons. The molecular formula is C23H20BrClN2O4S. The molecule has 0 spiro atoms. The summed E-state index contributed by atoms with van der Waals surface area (Å²) in [4.78, 5) is 12.2. The summed E-state index contributed by atoms with van der Waals surface area (Å²) in [7, 11) is -3.78. The number of carbonyl (C=O) groups is 1. The van der Waals surface area contributed by atoms with Gasteiger partial charge in [-0.3, -0.25) is 9.10 Å². The van der Waals surface area contributed by atoms with E-state index in [4.69, 9.17) is 16.3 Å². The first kappa shape index (κ1) is 22.6. The van der Waals surface area contributed by atoms with E-state index in [-0.39, 0.29) is 28.2 Å². The van der Waals surface area contributed by atoms with Gasteiger partial charge in [-0.2, -0.15) is 0 Å². The van der Waals surface area contributed by atoms with Crippen molar-refractivity contribution in [2.45, 2.75) is 17.7 Å². The molecular weight excluding hydrogens is 516 g/mol. The third-order valence-corrected chi connectivity index (χ3v) is 7.68. The molecule has 4 rings (SSSR count). The summed E-state index contributed by atoms with van der Waals surface area (Å²) >= 11 is 9.63. The molecule has 0 saturated heterocycles. The highest BCUT2D eigenvalue weighted by Crippen LogP contribution is 2.34. The molecule has 1 heterocycles. The van der Waals surface area contributed by atoms with Crippen LogP contribution in [0.25, 0.3) is 0 Å². The van der Waals surface area contributed by atoms with Crippen LogP contribution in [0.15, 0.2) is 76.1 Å². The molecule has 0 fully saturated rings. The predicted octanol–water partition coefficient (Wildman–Crippen LogP) is 5.26. The summed E-state index contributed by atoms with van der Waals surface area (Å²) < 4.78 is 34.4. The predicted molar refractivity (Wildman–Crippen MR) is 129 cm³/mol. The fourth-order valence-corrected chi connectivity index (χ4v) is 5.64. The SMILES string of the molecule is O=C(COc1ccc(S(=O)(=O)N2CCCc3ccccc32)cc1Cl)Nc1ccc(Br)cc1. The van der Waals surface area contributed by atoms with Gasteiger partial charge in [0.05, 0.1) is 15.6 Å². The molecule has 9 heteroatoms. The van der Waals surface area contributed by atoms with E-state index >= 15 is 0 Å². The quantitative estimate of drug-likeness (QED) is 0.467. The lowest BCUT2D eigenvalue weighted by Crippen LogP contribution is -2.35. The van der Waals surface area contributed by atoms with E-state index in [9.17, 15) is 13.2 Å². The third kappa shape index (κ3) is 4.92. The molecule has 0 aromatic heterocycles. The summed E-state index contributed by atoms with van der Waals surface area (Å²) in [5.74, 6) is -0.124. The van der Waals surface area contributed by atoms with Gasteiger partial charge in [0.1, 0.15) is 5.75 Å². The molecule has 3 aromatic rings. The molecule has 1 N–H and O–H groups in total. The van der Waals surface area contributed by atoms with Gasteiger partial charge in [-0.25, -0.2) is 8.42 Å². The molecule has 0 unspecified atom stereocenters. The Bertz CT molecular complexity index is 1250. The van der Waals surface area contributed by atoms with Crippen LogP contribution < -0.4 is 14.4 Å². The minimum absolute atomic E-state index is 0.0749. The van der Waals surface area contributed by atoms with E-state index in [1.165, 1.54) is 22.5 Å². The lowest BCUT2D eigenvalue weighted by atomic mass is 10.0. The first-order valence-corrected chi connectivity index (χ1v) is 12.5. The van der Waals surface area contributed by atoms with Crippen LogP contribution in [0, 0.1) is 0 Å². The van der Waals surface area contributed by atoms with Crippen molar-refractivity contribution >= 4 is 54.8 Å². The Labute approximate surface area is 200 Å². The number of ether oxygens (including phenoxy) is 1. The van der Waals surface area contributed by atoms with Crippen molar-refractivity contribution in [1.82, 2.24) is 0 Å². The first-order valence-electron chi connectivity index (χ1n) is 9.93. The normalized spacial score (nSPS) is 13.4. The van der Waals surface area contributed by atoms with Gasteiger partial charge in [-0.1, -0.05) is 45.7 Å². The van der Waals surface area contributed by atoms with Gasteiger partial charge in [-0.15, -0.1) is 0 Å². The fourth-order valence-electron chi connectivity index (χ4n) is 3.51. The van der Waals surface area contributed by atoms with Crippen molar-refractivity contribution in [3.8, 4) is 5.75 Å². The van der Waals surface area contributed by atoms with Crippen molar-refractivity contribution < 1.29 is 17.9 Å². The molecule has 3 aromatic carbocycles. The van der Waals surface area contributed by atoms with E-state index in [1.807, 2.05) is 36.4 Å². The van der Waals surface area contributed by atoms with Gasteiger partial charge in [0.2, 0.25) is 0 Å². The van der Waals surface area contributed by atoms with Crippen molar-refractivity contribution in [3.63, 3.8) is 0 Å². The number of sulfonamides is 1. The number of rotatable bonds is 6. The number of fused-ring (bicyclic) bond motifs is 1. The maximum Gasteiger partial charge on any atom is 0.264 e. The minimum atomic E-state index is -3.78. The van der Waals surface area contributed by atoms with Crippen LogP contribution in [0.4, 0.5) is 11.4 Å². The number of carbonyl (C=O) groups excluding carboxylic acids is 1. The Morgan fingerprint density at radius 2 is 1.84 bits per heavy atom. The zero-order valence-electron chi connectivity index (χ0n) is 16.9. The Kier molecular flexibility index (Phi) is 6.74. The summed E-state index contributed by atoms with van der Waals surface area (Å²) in [5, 5.41) is 2.83. The van der Waals surface area contributed by atoms with Crippen molar-refractivity contribution in [2.24, 2.45) is 0 Å². The van der Waals surface area contributed by atoms with Crippen molar-refractivity contribution in [1.29, 1.82) is 0 Å². The highest BCUT2D eigenvalue weighted by atomic mass is 79.9. The van der Waals surface area contributed by atoms with Crippen LogP contribution in [0.5, 0.6) is 5.75 Å². The molecule has 0 bridgehead atoms. The Morgan fingerprint density at radius 3 is 2.59 bits per heavy atom. The van der Waals surface area contributed by atoms with Crippen LogP contribution in [-0.2, 0) is 21.2 Å². The zero-order valence-corrected chi connectivity index (χ0v) is 20.1. The molecule has 0 atom stereocenters. The summed E-state index contributed by atoms with van der Waals surface area (Å²) in [6.45, 7) is 0.146. The number of nitrogens with one attached hydrogen (secondary N) is 1. The molecule has 0 saturated carbocycles. The second-order valence-electron chi connectivity index (χ2n) is 7.25. The van der Waals surface area contributed by atoms with Gasteiger partial charge in [0, 0.05) is 16.7 Å². The number of hydrogen-bond acceptors (Lipinski definition) is 4. The van der Waals surface area contributed by atoms with Gasteiger partial charge in [-0.05, 0) is 66.9 Å². The van der Waals surface area contributed by atoms with E-state index < -0.39 is 10.0 Å². The van der Waals surface area contributed by atoms with Crippen LogP contribution in [0.3, 0.4) is 0 Å². The third-order valence-electron chi connectivity index (χ3n) is 5.05. The Morgan fingerprint density at radius 1 is 1.09 bits per heavy atom. The van der Waals surface area contributed by atoms with E-state index in [1.54, 1.807) is 12.1 Å². The topological polar surface area (TPSA) is 75.7 Å². The second kappa shape index (κ2) is 9.52. The summed E-state index contributed by atoms with van der Waals surface area (Å²) in [5.41, 5.74) is 2.33. The van der Waals surface area contributed by atoms with Crippen LogP contribution in [0.1, 0.15) is 12.0 Å². The van der Waals surface area contributed by atoms with Gasteiger partial charge < -0.3 is 10.1 Å². The number of para-hydroxylation sites is 1. The molecule has 1 aliphatic heterocycles. The van der Waals surface area contributed by atoms with Gasteiger partial charge in [0.15, 0.2) is 6.61 Å². The van der Waals surface area contributed by atoms with Crippen molar-refractivity contribution in [2.75, 3.05) is 22.8 Å². The highest BCUT2D eigenvalue weighted by molar-refractivity contribution is 9.10. The number of nitrogens with zero attached hydrogens (tertiary/aromatic N) is 1. The van der Waals surface area contributed by atoms with Crippen LogP contribution in [0.2, 0.25) is 5.02 Å². The molecule has 166 valence electrons. The molecule has 1 aliphatic rings. The maximum atomic E-state index is 13.3.